The molecule has 1 aromatic carbocycles. The fourth-order valence-electron chi connectivity index (χ4n) is 6.86. The Bertz CT molecular complexity index is 948. The minimum absolute atomic E-state index is 0.110. The van der Waals surface area contributed by atoms with Crippen molar-refractivity contribution < 1.29 is 9.53 Å². The first kappa shape index (κ1) is 19.8. The van der Waals surface area contributed by atoms with Crippen molar-refractivity contribution in [2.45, 2.75) is 65.5 Å². The maximum Gasteiger partial charge on any atom is 0.219 e. The lowest BCUT2D eigenvalue weighted by atomic mass is 9.59. The van der Waals surface area contributed by atoms with Gasteiger partial charge in [0.15, 0.2) is 0 Å². The average molecular weight is 408 g/mol. The maximum absolute atomic E-state index is 12.4. The smallest absolute Gasteiger partial charge is 0.219 e. The maximum atomic E-state index is 12.4. The number of aryl methyl sites for hydroxylation is 1. The molecular weight excluding hydrogens is 374 g/mol. The molecule has 5 rings (SSSR count). The fourth-order valence-corrected chi connectivity index (χ4v) is 6.86. The van der Waals surface area contributed by atoms with Gasteiger partial charge >= 0.3 is 0 Å². The van der Waals surface area contributed by atoms with E-state index in [9.17, 15) is 4.79 Å². The van der Waals surface area contributed by atoms with Gasteiger partial charge < -0.3 is 14.6 Å². The highest BCUT2D eigenvalue weighted by Crippen LogP contribution is 2.70. The average Bonchev–Trinajstić information content (AvgIpc) is 3.40. The molecule has 0 unspecified atom stereocenters. The molecule has 1 saturated heterocycles. The van der Waals surface area contributed by atoms with Crippen LogP contribution in [0.3, 0.4) is 0 Å². The summed E-state index contributed by atoms with van der Waals surface area (Å²) in [7, 11) is 0. The fraction of sp³-hybridized carbons (Fsp3) is 0.600. The second-order valence-electron chi connectivity index (χ2n) is 10.1. The predicted octanol–water partition coefficient (Wildman–Crippen LogP) is 4.59. The van der Waals surface area contributed by atoms with Gasteiger partial charge in [0.05, 0.1) is 6.10 Å². The van der Waals surface area contributed by atoms with Crippen molar-refractivity contribution in [3.05, 3.63) is 48.0 Å². The molecule has 160 valence electrons. The molecule has 1 N–H and O–H groups in total. The van der Waals surface area contributed by atoms with Gasteiger partial charge in [0, 0.05) is 37.2 Å². The van der Waals surface area contributed by atoms with Crippen molar-refractivity contribution in [1.29, 1.82) is 0 Å². The summed E-state index contributed by atoms with van der Waals surface area (Å²) in [6, 6.07) is 9.01. The molecule has 1 aromatic heterocycles. The van der Waals surface area contributed by atoms with E-state index in [1.165, 1.54) is 18.4 Å². The highest BCUT2D eigenvalue weighted by Gasteiger charge is 2.68. The summed E-state index contributed by atoms with van der Waals surface area (Å²) >= 11 is 0. The van der Waals surface area contributed by atoms with E-state index in [-0.39, 0.29) is 28.9 Å². The Hall–Kier alpha value is -2.14. The highest BCUT2D eigenvalue weighted by molar-refractivity contribution is 5.76. The number of imidazole rings is 1. The van der Waals surface area contributed by atoms with Gasteiger partial charge in [0.1, 0.15) is 5.82 Å². The number of carbonyl (C=O) groups is 1. The van der Waals surface area contributed by atoms with Gasteiger partial charge in [-0.2, -0.15) is 0 Å². The van der Waals surface area contributed by atoms with Crippen LogP contribution in [0.15, 0.2) is 36.7 Å². The van der Waals surface area contributed by atoms with Crippen LogP contribution in [-0.2, 0) is 9.53 Å². The number of hydrogen-bond donors (Lipinski definition) is 1. The molecule has 30 heavy (non-hydrogen) atoms. The van der Waals surface area contributed by atoms with Gasteiger partial charge in [-0.05, 0) is 66.5 Å². The molecule has 0 radical (unpaired) electrons. The van der Waals surface area contributed by atoms with E-state index in [0.29, 0.717) is 18.3 Å². The summed E-state index contributed by atoms with van der Waals surface area (Å²) in [4.78, 5) is 16.7. The Labute approximate surface area is 179 Å². The molecular formula is C25H33N3O2. The predicted molar refractivity (Wildman–Crippen MR) is 116 cm³/mol. The molecule has 5 atom stereocenters. The van der Waals surface area contributed by atoms with Crippen molar-refractivity contribution in [2.75, 3.05) is 6.61 Å². The molecule has 1 amide bonds. The number of nitrogens with zero attached hydrogens (tertiary/aromatic N) is 2. The first-order valence-corrected chi connectivity index (χ1v) is 11.4. The monoisotopic (exact) mass is 407 g/mol. The lowest BCUT2D eigenvalue weighted by Gasteiger charge is -2.53. The van der Waals surface area contributed by atoms with Gasteiger partial charge in [0.2, 0.25) is 5.91 Å². The quantitative estimate of drug-likeness (QED) is 0.806. The number of aromatic nitrogens is 2. The third kappa shape index (κ3) is 2.78. The van der Waals surface area contributed by atoms with Crippen LogP contribution in [-0.4, -0.2) is 28.1 Å². The number of hydrogen-bond acceptors (Lipinski definition) is 3. The van der Waals surface area contributed by atoms with Crippen LogP contribution < -0.4 is 5.32 Å². The Balaban J connectivity index is 1.45. The second-order valence-corrected chi connectivity index (χ2v) is 10.1. The van der Waals surface area contributed by atoms with E-state index in [1.54, 1.807) is 0 Å². The van der Waals surface area contributed by atoms with Gasteiger partial charge in [-0.15, -0.1) is 0 Å². The van der Waals surface area contributed by atoms with Crippen molar-refractivity contribution in [3.8, 4) is 5.69 Å². The van der Waals surface area contributed by atoms with E-state index in [4.69, 9.17) is 4.74 Å². The minimum Gasteiger partial charge on any atom is -0.373 e. The summed E-state index contributed by atoms with van der Waals surface area (Å²) in [5.41, 5.74) is 2.68. The molecule has 2 heterocycles. The standard InChI is InChI=1S/C25H33N3O2/c1-5-21(29)27-23-24(3,4)18-14-20-22(30-13-10-25(20,23)15-18)17-6-8-19(9-7-17)28-12-11-26-16(28)2/h6-9,11-12,18,20,22-23H,5,10,13-15H2,1-4H3,(H,27,29)/t18-,20-,22-,23+,25-/m1/s1. The van der Waals surface area contributed by atoms with Crippen LogP contribution in [0.2, 0.25) is 0 Å². The molecule has 1 spiro atoms. The zero-order valence-electron chi connectivity index (χ0n) is 18.5. The lowest BCUT2D eigenvalue weighted by molar-refractivity contribution is -0.137. The van der Waals surface area contributed by atoms with E-state index >= 15 is 0 Å². The summed E-state index contributed by atoms with van der Waals surface area (Å²) in [5, 5.41) is 3.44. The lowest BCUT2D eigenvalue weighted by Crippen LogP contribution is -2.58. The van der Waals surface area contributed by atoms with Gasteiger partial charge in [-0.3, -0.25) is 4.79 Å². The number of carbonyl (C=O) groups excluding carboxylic acids is 1. The molecule has 3 aliphatic rings. The van der Waals surface area contributed by atoms with Gasteiger partial charge in [-0.1, -0.05) is 32.9 Å². The minimum atomic E-state index is 0.110. The Morgan fingerprint density at radius 2 is 2.07 bits per heavy atom. The number of ether oxygens (including phenoxy) is 1. The van der Waals surface area contributed by atoms with Gasteiger partial charge in [0.25, 0.3) is 0 Å². The van der Waals surface area contributed by atoms with Crippen LogP contribution in [0.4, 0.5) is 0 Å². The first-order chi connectivity index (χ1) is 14.4. The number of fused-ring (bicyclic) bond motifs is 1. The Morgan fingerprint density at radius 1 is 1.30 bits per heavy atom. The van der Waals surface area contributed by atoms with Crippen LogP contribution in [0.1, 0.15) is 63.9 Å². The van der Waals surface area contributed by atoms with E-state index < -0.39 is 0 Å². The van der Waals surface area contributed by atoms with E-state index in [2.05, 4.69) is 53.0 Å². The van der Waals surface area contributed by atoms with Crippen LogP contribution in [0.25, 0.3) is 5.69 Å². The van der Waals surface area contributed by atoms with Crippen molar-refractivity contribution in [1.82, 2.24) is 14.9 Å². The normalized spacial score (nSPS) is 34.0. The highest BCUT2D eigenvalue weighted by atomic mass is 16.5. The molecule has 5 nitrogen and oxygen atoms in total. The third-order valence-corrected chi connectivity index (χ3v) is 8.46. The SMILES string of the molecule is CCC(=O)N[C@H]1C(C)(C)[C@@H]2C[C@@H]3[C@@H](c4ccc(-n5ccnc5C)cc4)OCC[C@@]31C2. The third-order valence-electron chi connectivity index (χ3n) is 8.46. The first-order valence-electron chi connectivity index (χ1n) is 11.4. The van der Waals surface area contributed by atoms with Crippen molar-refractivity contribution in [3.63, 3.8) is 0 Å². The Morgan fingerprint density at radius 3 is 2.73 bits per heavy atom. The van der Waals surface area contributed by atoms with Crippen molar-refractivity contribution >= 4 is 5.91 Å². The van der Waals surface area contributed by atoms with E-state index in [0.717, 1.165) is 24.5 Å². The Kier molecular flexibility index (Phi) is 4.58. The largest absolute Gasteiger partial charge is 0.373 e. The molecule has 2 aromatic rings. The van der Waals surface area contributed by atoms with Crippen LogP contribution >= 0.6 is 0 Å². The molecule has 5 heteroatoms. The molecule has 3 fully saturated rings. The topological polar surface area (TPSA) is 56.2 Å². The number of rotatable bonds is 4. The number of nitrogens with one attached hydrogen (secondary N) is 1. The van der Waals surface area contributed by atoms with Gasteiger partial charge in [-0.25, -0.2) is 4.98 Å². The summed E-state index contributed by atoms with van der Waals surface area (Å²) in [6.45, 7) is 9.45. The van der Waals surface area contributed by atoms with Crippen LogP contribution in [0.5, 0.6) is 0 Å². The molecule has 1 aliphatic heterocycles. The number of benzene rings is 1. The van der Waals surface area contributed by atoms with Crippen molar-refractivity contribution in [2.24, 2.45) is 22.7 Å². The number of amides is 1. The molecule has 2 aliphatic carbocycles. The van der Waals surface area contributed by atoms with Crippen LogP contribution in [0, 0.1) is 29.6 Å². The summed E-state index contributed by atoms with van der Waals surface area (Å²) in [6.07, 6.45) is 7.94. The molecule has 2 bridgehead atoms. The summed E-state index contributed by atoms with van der Waals surface area (Å²) in [5.74, 6) is 2.27. The second kappa shape index (κ2) is 6.94. The van der Waals surface area contributed by atoms with E-state index in [1.807, 2.05) is 26.2 Å². The zero-order valence-corrected chi connectivity index (χ0v) is 18.5. The molecule has 2 saturated carbocycles. The zero-order chi connectivity index (χ0) is 21.1. The summed E-state index contributed by atoms with van der Waals surface area (Å²) < 4.78 is 8.50.